The summed E-state index contributed by atoms with van der Waals surface area (Å²) in [5.74, 6) is 0.0644. The highest BCUT2D eigenvalue weighted by Gasteiger charge is 2.28. The molecule has 0 aliphatic heterocycles. The number of hydrogen-bond acceptors (Lipinski definition) is 6. The van der Waals surface area contributed by atoms with E-state index < -0.39 is 22.0 Å². The van der Waals surface area contributed by atoms with Gasteiger partial charge in [-0.05, 0) is 44.4 Å². The number of benzene rings is 1. The number of pyridine rings is 1. The minimum atomic E-state index is -3.92. The Morgan fingerprint density at radius 2 is 2.00 bits per heavy atom. The second-order valence-electron chi connectivity index (χ2n) is 5.77. The maximum atomic E-state index is 12.8. The molecule has 0 aliphatic carbocycles. The van der Waals surface area contributed by atoms with Crippen molar-refractivity contribution in [1.82, 2.24) is 9.71 Å². The Kier molecular flexibility index (Phi) is 6.80. The third kappa shape index (κ3) is 5.17. The highest BCUT2D eigenvalue weighted by molar-refractivity contribution is 7.98. The molecule has 0 aliphatic rings. The smallest absolute Gasteiger partial charge is 0.324 e. The van der Waals surface area contributed by atoms with E-state index in [0.29, 0.717) is 17.7 Å². The molecule has 1 heterocycles. The Morgan fingerprint density at radius 1 is 1.28 bits per heavy atom. The van der Waals surface area contributed by atoms with Gasteiger partial charge in [0.05, 0.1) is 11.6 Å². The van der Waals surface area contributed by atoms with Crippen molar-refractivity contribution < 1.29 is 17.9 Å². The zero-order valence-corrected chi connectivity index (χ0v) is 16.1. The first-order valence-corrected chi connectivity index (χ1v) is 10.8. The van der Waals surface area contributed by atoms with Crippen LogP contribution in [0, 0.1) is 0 Å². The maximum Gasteiger partial charge on any atom is 0.324 e. The lowest BCUT2D eigenvalue weighted by Gasteiger charge is -2.19. The molecule has 2 rings (SSSR count). The fraction of sp³-hybridized carbons (Fsp3) is 0.412. The summed E-state index contributed by atoms with van der Waals surface area (Å²) >= 11 is 1.54. The summed E-state index contributed by atoms with van der Waals surface area (Å²) in [6.45, 7) is 3.46. The van der Waals surface area contributed by atoms with Gasteiger partial charge in [-0.2, -0.15) is 16.5 Å². The molecule has 1 aromatic heterocycles. The van der Waals surface area contributed by atoms with Crippen LogP contribution in [-0.4, -0.2) is 43.5 Å². The number of fused-ring (bicyclic) bond motifs is 1. The Bertz CT molecular complexity index is 832. The van der Waals surface area contributed by atoms with Crippen molar-refractivity contribution >= 4 is 38.7 Å². The molecule has 1 atom stereocenters. The molecular formula is C17H22N2O4S2. The Balaban J connectivity index is 2.34. The number of carbonyl (C=O) groups is 1. The Hall–Kier alpha value is -1.64. The number of hydrogen-bond donors (Lipinski definition) is 1. The molecule has 0 unspecified atom stereocenters. The predicted molar refractivity (Wildman–Crippen MR) is 100 cm³/mol. The quantitative estimate of drug-likeness (QED) is 0.707. The summed E-state index contributed by atoms with van der Waals surface area (Å²) < 4.78 is 33.4. The van der Waals surface area contributed by atoms with E-state index in [9.17, 15) is 13.2 Å². The highest BCUT2D eigenvalue weighted by atomic mass is 32.2. The van der Waals surface area contributed by atoms with Crippen molar-refractivity contribution in [2.24, 2.45) is 0 Å². The number of rotatable bonds is 8. The number of thioether (sulfide) groups is 1. The van der Waals surface area contributed by atoms with Crippen molar-refractivity contribution in [2.75, 3.05) is 12.0 Å². The van der Waals surface area contributed by atoms with Gasteiger partial charge < -0.3 is 4.74 Å². The molecule has 1 N–H and O–H groups in total. The van der Waals surface area contributed by atoms with Crippen molar-refractivity contribution in [3.05, 3.63) is 36.5 Å². The van der Waals surface area contributed by atoms with Crippen molar-refractivity contribution in [1.29, 1.82) is 0 Å². The second-order valence-corrected chi connectivity index (χ2v) is 8.44. The van der Waals surface area contributed by atoms with Gasteiger partial charge in [0.1, 0.15) is 10.9 Å². The zero-order valence-electron chi connectivity index (χ0n) is 14.4. The average Bonchev–Trinajstić information content (AvgIpc) is 2.57. The summed E-state index contributed by atoms with van der Waals surface area (Å²) in [5.41, 5.74) is 0.373. The largest absolute Gasteiger partial charge is 0.462 e. The number of sulfonamides is 1. The maximum absolute atomic E-state index is 12.8. The molecule has 1 aromatic carbocycles. The summed E-state index contributed by atoms with van der Waals surface area (Å²) in [6.07, 6.45) is 3.48. The van der Waals surface area contributed by atoms with Crippen LogP contribution in [0.15, 0.2) is 41.4 Å². The number of nitrogens with zero attached hydrogens (tertiary/aromatic N) is 1. The second kappa shape index (κ2) is 8.64. The molecule has 2 aromatic rings. The van der Waals surface area contributed by atoms with Gasteiger partial charge in [-0.25, -0.2) is 8.42 Å². The Labute approximate surface area is 152 Å². The van der Waals surface area contributed by atoms with E-state index in [4.69, 9.17) is 4.74 Å². The lowest BCUT2D eigenvalue weighted by Crippen LogP contribution is -2.43. The van der Waals surface area contributed by atoms with Crippen LogP contribution < -0.4 is 4.72 Å². The summed E-state index contributed by atoms with van der Waals surface area (Å²) in [6, 6.07) is 7.53. The van der Waals surface area contributed by atoms with E-state index in [1.165, 1.54) is 17.8 Å². The van der Waals surface area contributed by atoms with Crippen LogP contribution >= 0.6 is 11.8 Å². The molecule has 0 amide bonds. The fourth-order valence-corrected chi connectivity index (χ4v) is 4.19. The molecule has 0 radical (unpaired) electrons. The van der Waals surface area contributed by atoms with Gasteiger partial charge in [0.2, 0.25) is 10.0 Å². The third-order valence-corrected chi connectivity index (χ3v) is 5.58. The average molecular weight is 383 g/mol. The van der Waals surface area contributed by atoms with Crippen molar-refractivity contribution in [2.45, 2.75) is 37.3 Å². The Morgan fingerprint density at radius 3 is 2.68 bits per heavy atom. The minimum absolute atomic E-state index is 0.0529. The first kappa shape index (κ1) is 19.7. The highest BCUT2D eigenvalue weighted by Crippen LogP contribution is 2.21. The predicted octanol–water partition coefficient (Wildman–Crippen LogP) is 2.59. The van der Waals surface area contributed by atoms with Gasteiger partial charge in [-0.1, -0.05) is 18.2 Å². The first-order valence-electron chi connectivity index (χ1n) is 7.90. The molecule has 0 spiro atoms. The standard InChI is InChI=1S/C17H22N2O4S2/c1-12(2)23-17(20)14(9-11-24-3)19-25(21,22)15-8-4-6-13-7-5-10-18-16(13)15/h4-8,10,12,14,19H,9,11H2,1-3H3/t14-/m0/s1. The van der Waals surface area contributed by atoms with E-state index in [1.54, 1.807) is 44.3 Å². The lowest BCUT2D eigenvalue weighted by molar-refractivity contribution is -0.149. The van der Waals surface area contributed by atoms with E-state index >= 15 is 0 Å². The molecule has 136 valence electrons. The lowest BCUT2D eigenvalue weighted by atomic mass is 10.2. The van der Waals surface area contributed by atoms with Gasteiger partial charge in [0.25, 0.3) is 0 Å². The molecular weight excluding hydrogens is 360 g/mol. The molecule has 0 saturated heterocycles. The van der Waals surface area contributed by atoms with Crippen LogP contribution in [0.4, 0.5) is 0 Å². The number of ether oxygens (including phenoxy) is 1. The number of aromatic nitrogens is 1. The summed E-state index contributed by atoms with van der Waals surface area (Å²) in [4.78, 5) is 16.5. The van der Waals surface area contributed by atoms with E-state index in [0.717, 1.165) is 5.39 Å². The summed E-state index contributed by atoms with van der Waals surface area (Å²) in [7, 11) is -3.92. The third-order valence-electron chi connectivity index (χ3n) is 3.43. The van der Waals surface area contributed by atoms with Crippen LogP contribution in [0.2, 0.25) is 0 Å². The normalized spacial score (nSPS) is 13.1. The molecule has 0 saturated carbocycles. The fourth-order valence-electron chi connectivity index (χ4n) is 2.32. The number of esters is 1. The topological polar surface area (TPSA) is 85.4 Å². The van der Waals surface area contributed by atoms with Gasteiger partial charge in [-0.15, -0.1) is 0 Å². The molecule has 8 heteroatoms. The van der Waals surface area contributed by atoms with Gasteiger partial charge in [0.15, 0.2) is 0 Å². The van der Waals surface area contributed by atoms with Crippen molar-refractivity contribution in [3.8, 4) is 0 Å². The van der Waals surface area contributed by atoms with Crippen molar-refractivity contribution in [3.63, 3.8) is 0 Å². The number of nitrogens with one attached hydrogen (secondary N) is 1. The van der Waals surface area contributed by atoms with Crippen LogP contribution in [0.25, 0.3) is 10.9 Å². The van der Waals surface area contributed by atoms with Gasteiger partial charge >= 0.3 is 5.97 Å². The molecule has 0 fully saturated rings. The monoisotopic (exact) mass is 382 g/mol. The molecule has 0 bridgehead atoms. The minimum Gasteiger partial charge on any atom is -0.462 e. The van der Waals surface area contributed by atoms with E-state index in [-0.39, 0.29) is 11.0 Å². The van der Waals surface area contributed by atoms with Crippen LogP contribution in [0.5, 0.6) is 0 Å². The van der Waals surface area contributed by atoms with Crippen LogP contribution in [0.1, 0.15) is 20.3 Å². The molecule has 25 heavy (non-hydrogen) atoms. The van der Waals surface area contributed by atoms with E-state index in [1.807, 2.05) is 6.26 Å². The SMILES string of the molecule is CSCC[C@H](NS(=O)(=O)c1cccc2cccnc12)C(=O)OC(C)C. The van der Waals surface area contributed by atoms with E-state index in [2.05, 4.69) is 9.71 Å². The number of carbonyl (C=O) groups excluding carboxylic acids is 1. The van der Waals surface area contributed by atoms with Crippen LogP contribution in [0.3, 0.4) is 0 Å². The molecule has 6 nitrogen and oxygen atoms in total. The first-order chi connectivity index (χ1) is 11.8. The summed E-state index contributed by atoms with van der Waals surface area (Å²) in [5, 5.41) is 0.718. The van der Waals surface area contributed by atoms with Gasteiger partial charge in [-0.3, -0.25) is 9.78 Å². The van der Waals surface area contributed by atoms with Gasteiger partial charge in [0, 0.05) is 11.6 Å². The number of para-hydroxylation sites is 1. The van der Waals surface area contributed by atoms with Crippen LogP contribution in [-0.2, 0) is 19.6 Å². The zero-order chi connectivity index (χ0) is 18.4.